The van der Waals surface area contributed by atoms with Crippen LogP contribution in [0.4, 0.5) is 0 Å². The molecule has 0 atom stereocenters. The Morgan fingerprint density at radius 2 is 0.532 bits per heavy atom. The van der Waals surface area contributed by atoms with Crippen LogP contribution in [0, 0.1) is 0 Å². The second kappa shape index (κ2) is 18.0. The summed E-state index contributed by atoms with van der Waals surface area (Å²) in [7, 11) is 0. The lowest BCUT2D eigenvalue weighted by molar-refractivity contribution is 1.18. The predicted octanol–water partition coefficient (Wildman–Crippen LogP) is 19.3. The maximum atomic E-state index is 5.47. The minimum absolute atomic E-state index is 0.826. The standard InChI is InChI=1S/C74H45N5/c1-4-18-46(19-5-1)50-36-52(40-54(38-50)67-44-75-71-61-28-14-10-24-57(61)59-26-12-16-30-63(59)73(71)77-67)48-32-34-69-65(42-48)66-43-49(33-35-70(66)79(69)56-22-8-3-9-23-56)53-37-51(47-20-6-2-7-21-47)39-55(41-53)68-45-76-72-62-29-15-11-25-58(62)60-27-13-17-31-64(60)74(72)78-68/h1-45H. The minimum Gasteiger partial charge on any atom is -0.309 e. The molecule has 79 heavy (non-hydrogen) atoms. The molecule has 0 unspecified atom stereocenters. The number of hydrogen-bond donors (Lipinski definition) is 0. The smallest absolute Gasteiger partial charge is 0.0979 e. The minimum atomic E-state index is 0.826. The van der Waals surface area contributed by atoms with E-state index in [2.05, 4.69) is 265 Å². The summed E-state index contributed by atoms with van der Waals surface area (Å²) in [6.45, 7) is 0. The Kier molecular flexibility index (Phi) is 10.2. The molecule has 3 aromatic heterocycles. The Hall–Kier alpha value is -10.6. The first kappa shape index (κ1) is 44.7. The van der Waals surface area contributed by atoms with Gasteiger partial charge in [-0.15, -0.1) is 0 Å². The molecule has 16 rings (SSSR count). The third-order valence-electron chi connectivity index (χ3n) is 16.0. The lowest BCUT2D eigenvalue weighted by Crippen LogP contribution is -1.94. The highest BCUT2D eigenvalue weighted by Gasteiger charge is 2.20. The maximum absolute atomic E-state index is 5.47. The number of benzene rings is 13. The van der Waals surface area contributed by atoms with Gasteiger partial charge in [-0.2, -0.15) is 0 Å². The van der Waals surface area contributed by atoms with E-state index in [1.165, 1.54) is 21.5 Å². The van der Waals surface area contributed by atoms with Crippen LogP contribution in [0.25, 0.3) is 160 Å². The first-order chi connectivity index (χ1) is 39.1. The van der Waals surface area contributed by atoms with Gasteiger partial charge in [-0.05, 0) is 139 Å². The second-order valence-corrected chi connectivity index (χ2v) is 20.6. The summed E-state index contributed by atoms with van der Waals surface area (Å²) in [6.07, 6.45) is 3.90. The summed E-state index contributed by atoms with van der Waals surface area (Å²) in [4.78, 5) is 21.3. The molecule has 0 aliphatic heterocycles. The molecule has 16 aromatic rings. The molecule has 0 saturated heterocycles. The Morgan fingerprint density at radius 1 is 0.215 bits per heavy atom. The highest BCUT2D eigenvalue weighted by Crippen LogP contribution is 2.42. The first-order valence-corrected chi connectivity index (χ1v) is 26.8. The van der Waals surface area contributed by atoms with Crippen LogP contribution in [0.15, 0.2) is 273 Å². The lowest BCUT2D eigenvalue weighted by atomic mass is 9.93. The topological polar surface area (TPSA) is 56.5 Å². The normalized spacial score (nSPS) is 11.8. The molecule has 366 valence electrons. The molecule has 0 radical (unpaired) electrons. The quantitative estimate of drug-likeness (QED) is 0.149. The van der Waals surface area contributed by atoms with Gasteiger partial charge in [-0.1, -0.05) is 188 Å². The third kappa shape index (κ3) is 7.39. The third-order valence-corrected chi connectivity index (χ3v) is 16.0. The Morgan fingerprint density at radius 3 is 0.924 bits per heavy atom. The van der Waals surface area contributed by atoms with Crippen molar-refractivity contribution in [1.82, 2.24) is 24.5 Å². The number of rotatable bonds is 7. The fourth-order valence-corrected chi connectivity index (χ4v) is 12.2. The fourth-order valence-electron chi connectivity index (χ4n) is 12.2. The molecule has 5 nitrogen and oxygen atoms in total. The molecule has 0 bridgehead atoms. The van der Waals surface area contributed by atoms with Gasteiger partial charge in [0.1, 0.15) is 0 Å². The summed E-state index contributed by atoms with van der Waals surface area (Å²) in [6, 6.07) is 93.7. The highest BCUT2D eigenvalue weighted by atomic mass is 15.0. The van der Waals surface area contributed by atoms with Gasteiger partial charge in [-0.3, -0.25) is 9.97 Å². The molecule has 0 spiro atoms. The van der Waals surface area contributed by atoms with Gasteiger partial charge in [0.05, 0.1) is 56.9 Å². The molecule has 0 fully saturated rings. The van der Waals surface area contributed by atoms with Crippen molar-refractivity contribution in [3.8, 4) is 72.7 Å². The highest BCUT2D eigenvalue weighted by molar-refractivity contribution is 6.24. The molecular formula is C74H45N5. The van der Waals surface area contributed by atoms with Gasteiger partial charge in [-0.25, -0.2) is 9.97 Å². The SMILES string of the molecule is c1ccc(-c2cc(-c3ccc4c(c3)c3cc(-c5cc(-c6ccccc6)cc(-c6cnc7c8ccccc8c8ccccc8c7n6)c5)ccc3n4-c3ccccc3)cc(-c3cnc4c5ccccc5c5ccccc5c4n3)c2)cc1. The molecular weight excluding hydrogens is 959 g/mol. The molecule has 13 aromatic carbocycles. The van der Waals surface area contributed by atoms with Crippen LogP contribution in [-0.4, -0.2) is 24.5 Å². The van der Waals surface area contributed by atoms with Gasteiger partial charge >= 0.3 is 0 Å². The lowest BCUT2D eigenvalue weighted by Gasteiger charge is -2.13. The van der Waals surface area contributed by atoms with Gasteiger partial charge in [0, 0.05) is 49.1 Å². The monoisotopic (exact) mass is 1000 g/mol. The van der Waals surface area contributed by atoms with Crippen LogP contribution in [0.5, 0.6) is 0 Å². The average molecular weight is 1000 g/mol. The van der Waals surface area contributed by atoms with E-state index in [4.69, 9.17) is 19.9 Å². The zero-order valence-electron chi connectivity index (χ0n) is 42.7. The largest absolute Gasteiger partial charge is 0.309 e. The van der Waals surface area contributed by atoms with Crippen LogP contribution in [-0.2, 0) is 0 Å². The first-order valence-electron chi connectivity index (χ1n) is 26.8. The van der Waals surface area contributed by atoms with E-state index in [0.717, 1.165) is 138 Å². The van der Waals surface area contributed by atoms with Crippen molar-refractivity contribution in [3.05, 3.63) is 273 Å². The molecule has 0 N–H and O–H groups in total. The Labute approximate surface area is 455 Å². The molecule has 0 saturated carbocycles. The van der Waals surface area contributed by atoms with Crippen molar-refractivity contribution in [1.29, 1.82) is 0 Å². The second-order valence-electron chi connectivity index (χ2n) is 20.6. The number of nitrogens with zero attached hydrogens (tertiary/aromatic N) is 5. The van der Waals surface area contributed by atoms with E-state index < -0.39 is 0 Å². The number of para-hydroxylation sites is 1. The van der Waals surface area contributed by atoms with E-state index >= 15 is 0 Å². The summed E-state index contributed by atoms with van der Waals surface area (Å²) >= 11 is 0. The zero-order valence-corrected chi connectivity index (χ0v) is 42.7. The number of hydrogen-bond acceptors (Lipinski definition) is 4. The van der Waals surface area contributed by atoms with Gasteiger partial charge in [0.25, 0.3) is 0 Å². The van der Waals surface area contributed by atoms with Crippen molar-refractivity contribution in [3.63, 3.8) is 0 Å². The van der Waals surface area contributed by atoms with Crippen LogP contribution >= 0.6 is 0 Å². The molecule has 0 aliphatic carbocycles. The zero-order chi connectivity index (χ0) is 52.0. The number of fused-ring (bicyclic) bond motifs is 15. The number of aromatic nitrogens is 5. The van der Waals surface area contributed by atoms with Crippen molar-refractivity contribution < 1.29 is 0 Å². The molecule has 0 amide bonds. The van der Waals surface area contributed by atoms with E-state index in [1.54, 1.807) is 0 Å². The van der Waals surface area contributed by atoms with E-state index in [-0.39, 0.29) is 0 Å². The molecule has 3 heterocycles. The summed E-state index contributed by atoms with van der Waals surface area (Å²) in [5, 5.41) is 11.4. The summed E-state index contributed by atoms with van der Waals surface area (Å²) < 4.78 is 2.40. The van der Waals surface area contributed by atoms with Crippen molar-refractivity contribution in [2.45, 2.75) is 0 Å². The Bertz CT molecular complexity index is 4750. The molecule has 0 aliphatic rings. The summed E-state index contributed by atoms with van der Waals surface area (Å²) in [5.41, 5.74) is 19.5. The Balaban J connectivity index is 0.887. The maximum Gasteiger partial charge on any atom is 0.0979 e. The van der Waals surface area contributed by atoms with Crippen LogP contribution in [0.3, 0.4) is 0 Å². The van der Waals surface area contributed by atoms with Gasteiger partial charge in [0.2, 0.25) is 0 Å². The average Bonchev–Trinajstić information content (AvgIpc) is 4.15. The predicted molar refractivity (Wildman–Crippen MR) is 330 cm³/mol. The van der Waals surface area contributed by atoms with Crippen molar-refractivity contribution >= 4 is 87.0 Å². The summed E-state index contributed by atoms with van der Waals surface area (Å²) in [5.74, 6) is 0. The van der Waals surface area contributed by atoms with Crippen LogP contribution in [0.2, 0.25) is 0 Å². The van der Waals surface area contributed by atoms with E-state index in [0.29, 0.717) is 0 Å². The van der Waals surface area contributed by atoms with E-state index in [1.807, 2.05) is 12.4 Å². The van der Waals surface area contributed by atoms with Gasteiger partial charge < -0.3 is 4.57 Å². The van der Waals surface area contributed by atoms with Crippen LogP contribution < -0.4 is 0 Å². The van der Waals surface area contributed by atoms with Gasteiger partial charge in [0.15, 0.2) is 0 Å². The molecule has 5 heteroatoms. The van der Waals surface area contributed by atoms with Crippen molar-refractivity contribution in [2.75, 3.05) is 0 Å². The van der Waals surface area contributed by atoms with Crippen LogP contribution in [0.1, 0.15) is 0 Å². The fraction of sp³-hybridized carbons (Fsp3) is 0. The van der Waals surface area contributed by atoms with E-state index in [9.17, 15) is 0 Å². The van der Waals surface area contributed by atoms with Crippen molar-refractivity contribution in [2.24, 2.45) is 0 Å².